The van der Waals surface area contributed by atoms with Crippen molar-refractivity contribution < 1.29 is 0 Å². The first kappa shape index (κ1) is 1080. The molecule has 0 aliphatic rings. The van der Waals surface area contributed by atoms with Crippen LogP contribution in [-0.2, 0) is 0 Å². The van der Waals surface area contributed by atoms with Gasteiger partial charge >= 0.3 is 0 Å². The van der Waals surface area contributed by atoms with Gasteiger partial charge in [-0.15, -0.1) is 32.9 Å². The van der Waals surface area contributed by atoms with Crippen molar-refractivity contribution in [2.75, 3.05) is 0 Å². The summed E-state index contributed by atoms with van der Waals surface area (Å²) in [5.41, 5.74) is 0. The standard InChI is InChI=1S/C5H10.C4H8.C3H6.C2H4.32CH4/c1-3-5-4-2;1-3-4-2;1-3-2;1-2;;;;;;;;;;;;;;;;;;;;;;;;;;;;;;;;/h3H,1,4-5H2,2H3;3H,1,4H2,2H3;3H,1H2,2H3;1-2H2;32*1H4. The van der Waals surface area contributed by atoms with Crippen LogP contribution in [-0.4, -0.2) is 0 Å². The molecule has 0 radical (unpaired) electrons. The number of unbranched alkanes of at least 4 members (excludes halogenated alkanes) is 1. The van der Waals surface area contributed by atoms with Gasteiger partial charge in [-0.1, -0.05) is 276 Å². The molecule has 0 aliphatic heterocycles. The molecule has 0 amide bonds. The minimum Gasteiger partial charge on any atom is -0.106 e. The van der Waals surface area contributed by atoms with E-state index in [4.69, 9.17) is 0 Å². The van der Waals surface area contributed by atoms with Crippen LogP contribution in [0.1, 0.15) is 278 Å². The largest absolute Gasteiger partial charge is 0.106 e. The van der Waals surface area contributed by atoms with Crippen LogP contribution in [0.5, 0.6) is 0 Å². The minimum absolute atomic E-state index is 0. The highest BCUT2D eigenvalue weighted by Crippen LogP contribution is 1.82. The maximum Gasteiger partial charge on any atom is -0.0356 e. The molecule has 0 heterocycles. The van der Waals surface area contributed by atoms with E-state index in [9.17, 15) is 0 Å². The second-order valence-electron chi connectivity index (χ2n) is 2.18. The molecule has 0 fully saturated rings. The van der Waals surface area contributed by atoms with E-state index in [2.05, 4.69) is 46.7 Å². The van der Waals surface area contributed by atoms with Crippen LogP contribution in [0.25, 0.3) is 0 Å². The van der Waals surface area contributed by atoms with Crippen molar-refractivity contribution in [1.29, 1.82) is 0 Å². The molecule has 0 unspecified atom stereocenters. The van der Waals surface area contributed by atoms with Gasteiger partial charge in [-0.3, -0.25) is 0 Å². The lowest BCUT2D eigenvalue weighted by Gasteiger charge is -1.72. The van der Waals surface area contributed by atoms with Gasteiger partial charge < -0.3 is 0 Å². The van der Waals surface area contributed by atoms with Crippen molar-refractivity contribution >= 4 is 0 Å². The molecule has 0 atom stereocenters. The van der Waals surface area contributed by atoms with Gasteiger partial charge in [-0.05, 0) is 19.8 Å². The molecule has 0 rings (SSSR count). The van der Waals surface area contributed by atoms with E-state index in [1.54, 1.807) is 6.08 Å². The molecular weight excluding hydrogens is 553 g/mol. The monoisotopic (exact) mass is 709 g/mol. The van der Waals surface area contributed by atoms with Crippen molar-refractivity contribution in [3.63, 3.8) is 0 Å². The Labute approximate surface area is 328 Å². The van der Waals surface area contributed by atoms with Crippen molar-refractivity contribution in [3.8, 4) is 0 Å². The molecule has 0 nitrogen and oxygen atoms in total. The Kier molecular flexibility index (Phi) is 77600. The van der Waals surface area contributed by atoms with Crippen molar-refractivity contribution in [1.82, 2.24) is 0 Å². The Hall–Kier alpha value is -1.04. The van der Waals surface area contributed by atoms with Crippen LogP contribution < -0.4 is 0 Å². The van der Waals surface area contributed by atoms with Crippen LogP contribution >= 0.6 is 0 Å². The van der Waals surface area contributed by atoms with E-state index < -0.39 is 0 Å². The summed E-state index contributed by atoms with van der Waals surface area (Å²) in [6.07, 6.45) is 9.02. The van der Waals surface area contributed by atoms with Crippen molar-refractivity contribution in [2.24, 2.45) is 0 Å². The molecule has 0 bridgehead atoms. The van der Waals surface area contributed by atoms with E-state index in [-0.39, 0.29) is 238 Å². The summed E-state index contributed by atoms with van der Waals surface area (Å²) in [6, 6.07) is 0. The zero-order valence-corrected chi connectivity index (χ0v) is 10.4. The average Bonchev–Trinajstić information content (AvgIpc) is 2.24. The first-order valence-electron chi connectivity index (χ1n) is 5.03. The Bertz CT molecular complexity index is 90.2. The van der Waals surface area contributed by atoms with Gasteiger partial charge in [0.2, 0.25) is 0 Å². The van der Waals surface area contributed by atoms with Crippen LogP contribution in [0.15, 0.2) is 51.1 Å². The Morgan fingerprint density at radius 3 is 0.391 bits per heavy atom. The molecule has 46 heavy (non-hydrogen) atoms. The van der Waals surface area contributed by atoms with Crippen LogP contribution in [0.2, 0.25) is 0 Å². The van der Waals surface area contributed by atoms with Gasteiger partial charge in [-0.25, -0.2) is 0 Å². The number of allylic oxidation sites excluding steroid dienone is 3. The molecule has 340 valence electrons. The highest BCUT2D eigenvalue weighted by Gasteiger charge is 1.61. The van der Waals surface area contributed by atoms with Crippen molar-refractivity contribution in [2.45, 2.75) is 278 Å². The first-order chi connectivity index (χ1) is 6.74. The lowest BCUT2D eigenvalue weighted by atomic mass is 10.3. The highest BCUT2D eigenvalue weighted by atomic mass is 13.7. The summed E-state index contributed by atoms with van der Waals surface area (Å²) >= 11 is 0. The molecule has 0 spiro atoms. The Morgan fingerprint density at radius 2 is 0.391 bits per heavy atom. The van der Waals surface area contributed by atoms with Gasteiger partial charge in [0.15, 0.2) is 0 Å². The lowest BCUT2D eigenvalue weighted by molar-refractivity contribution is 0.961. The van der Waals surface area contributed by atoms with Gasteiger partial charge in [0.25, 0.3) is 0 Å². The fourth-order valence-corrected chi connectivity index (χ4v) is 0.204. The summed E-state index contributed by atoms with van der Waals surface area (Å²) in [5, 5.41) is 0. The molecule has 0 saturated carbocycles. The number of rotatable bonds is 3. The fourth-order valence-electron chi connectivity index (χ4n) is 0.204. The summed E-state index contributed by atoms with van der Waals surface area (Å²) in [7, 11) is 0. The minimum atomic E-state index is 0. The van der Waals surface area contributed by atoms with E-state index in [0.29, 0.717) is 0 Å². The second kappa shape index (κ2) is 3300. The van der Waals surface area contributed by atoms with Crippen LogP contribution in [0.4, 0.5) is 0 Å². The van der Waals surface area contributed by atoms with E-state index >= 15 is 0 Å². The molecule has 0 N–H and O–H groups in total. The summed E-state index contributed by atoms with van der Waals surface area (Å²) in [6.45, 7) is 22.5. The SMILES string of the molecule is C.C.C.C.C.C.C.C.C.C.C.C.C.C.C.C.C.C.C.C.C.C.C.C.C.C.C.C.C.C.C.C.C=C.C=CC.C=CCC.C=CCCC. The third-order valence-corrected chi connectivity index (χ3v) is 0.781. The van der Waals surface area contributed by atoms with Gasteiger partial charge in [0.05, 0.1) is 0 Å². The van der Waals surface area contributed by atoms with Crippen LogP contribution in [0, 0.1) is 0 Å². The molecule has 0 aromatic carbocycles. The third-order valence-electron chi connectivity index (χ3n) is 0.781. The highest BCUT2D eigenvalue weighted by molar-refractivity contribution is 4.63. The smallest absolute Gasteiger partial charge is 0.0356 e. The van der Waals surface area contributed by atoms with E-state index in [0.717, 1.165) is 12.8 Å². The number of hydrogen-bond donors (Lipinski definition) is 0. The summed E-state index contributed by atoms with van der Waals surface area (Å²) in [4.78, 5) is 0. The third kappa shape index (κ3) is 19700. The maximum absolute atomic E-state index is 3.55. The first-order valence-corrected chi connectivity index (χ1v) is 5.03. The topological polar surface area (TPSA) is 0 Å². The molecule has 0 aliphatic carbocycles. The molecular formula is C46H156. The summed E-state index contributed by atoms with van der Waals surface area (Å²) in [5.74, 6) is 0. The molecule has 0 aromatic rings. The van der Waals surface area contributed by atoms with Crippen molar-refractivity contribution in [3.05, 3.63) is 51.1 Å². The lowest BCUT2D eigenvalue weighted by Crippen LogP contribution is -1.52. The van der Waals surface area contributed by atoms with E-state index in [1.807, 2.05) is 19.1 Å². The van der Waals surface area contributed by atoms with Gasteiger partial charge in [0.1, 0.15) is 0 Å². The zero-order valence-electron chi connectivity index (χ0n) is 10.4. The van der Waals surface area contributed by atoms with Crippen LogP contribution in [0.3, 0.4) is 0 Å². The fraction of sp³-hybridized carbons (Fsp3) is 0.826. The van der Waals surface area contributed by atoms with E-state index in [1.165, 1.54) is 6.42 Å². The Morgan fingerprint density at radius 1 is 0.304 bits per heavy atom. The molecule has 0 heteroatoms. The second-order valence-corrected chi connectivity index (χ2v) is 2.18. The Balaban J connectivity index is -0.000000000701. The maximum atomic E-state index is 3.55. The number of hydrogen-bond acceptors (Lipinski definition) is 0. The molecule has 0 aromatic heterocycles. The predicted molar refractivity (Wildman–Crippen MR) is 288 cm³/mol. The van der Waals surface area contributed by atoms with Gasteiger partial charge in [-0.2, -0.15) is 0 Å². The zero-order chi connectivity index (χ0) is 12.2. The summed E-state index contributed by atoms with van der Waals surface area (Å²) < 4.78 is 0. The predicted octanol–water partition coefficient (Wildman–Crippen LogP) is 25.9. The average molecular weight is 710 g/mol. The normalized spacial score (nSPS) is 1.72. The quantitative estimate of drug-likeness (QED) is 0.256. The molecule has 0 saturated heterocycles. The van der Waals surface area contributed by atoms with Gasteiger partial charge in [0, 0.05) is 0 Å².